The fourth-order valence-electron chi connectivity index (χ4n) is 3.11. The second-order valence-corrected chi connectivity index (χ2v) is 6.18. The highest BCUT2D eigenvalue weighted by Crippen LogP contribution is 2.25. The summed E-state index contributed by atoms with van der Waals surface area (Å²) in [6, 6.07) is 17.7. The lowest BCUT2D eigenvalue weighted by atomic mass is 10.1. The summed E-state index contributed by atoms with van der Waals surface area (Å²) in [5, 5.41) is 1.94. The molecule has 0 saturated heterocycles. The molecule has 0 aliphatic heterocycles. The second kappa shape index (κ2) is 6.06. The van der Waals surface area contributed by atoms with E-state index in [0.717, 1.165) is 27.4 Å². The van der Waals surface area contributed by atoms with E-state index in [1.807, 2.05) is 79.3 Å². The van der Waals surface area contributed by atoms with Crippen LogP contribution in [0.2, 0.25) is 0 Å². The Morgan fingerprint density at radius 1 is 1.12 bits per heavy atom. The third-order valence-corrected chi connectivity index (χ3v) is 4.48. The fourth-order valence-corrected chi connectivity index (χ4v) is 3.11. The van der Waals surface area contributed by atoms with Crippen molar-refractivity contribution in [2.75, 3.05) is 0 Å². The number of pyridine rings is 1. The van der Waals surface area contributed by atoms with Gasteiger partial charge in [0.25, 0.3) is 0 Å². The molecule has 0 aliphatic rings. The van der Waals surface area contributed by atoms with Crippen molar-refractivity contribution in [2.45, 2.75) is 13.0 Å². The minimum absolute atomic E-state index is 0.322. The minimum atomic E-state index is -0.372. The number of para-hydroxylation sites is 2. The van der Waals surface area contributed by atoms with Crippen molar-refractivity contribution >= 4 is 27.8 Å². The zero-order valence-electron chi connectivity index (χ0n) is 14.1. The van der Waals surface area contributed by atoms with Gasteiger partial charge in [0.05, 0.1) is 11.1 Å². The zero-order chi connectivity index (χ0) is 17.4. The van der Waals surface area contributed by atoms with Gasteiger partial charge in [0.15, 0.2) is 0 Å². The number of ether oxygens (including phenoxy) is 1. The molecular weight excluding hydrogens is 312 g/mol. The predicted octanol–water partition coefficient (Wildman–Crippen LogP) is 4.64. The highest BCUT2D eigenvalue weighted by atomic mass is 16.5. The number of carbonyl (C=O) groups excluding carboxylic acids is 1. The molecule has 2 aromatic carbocycles. The van der Waals surface area contributed by atoms with Crippen LogP contribution in [0.1, 0.15) is 28.9 Å². The Hall–Kier alpha value is -3.14. The molecule has 4 aromatic rings. The van der Waals surface area contributed by atoms with Crippen LogP contribution in [-0.2, 0) is 11.8 Å². The van der Waals surface area contributed by atoms with E-state index in [1.54, 1.807) is 6.20 Å². The summed E-state index contributed by atoms with van der Waals surface area (Å²) >= 11 is 0. The Bertz CT molecular complexity index is 1080. The Labute approximate surface area is 145 Å². The quantitative estimate of drug-likeness (QED) is 0.514. The predicted molar refractivity (Wildman–Crippen MR) is 98.5 cm³/mol. The molecule has 0 N–H and O–H groups in total. The summed E-state index contributed by atoms with van der Waals surface area (Å²) < 4.78 is 7.64. The van der Waals surface area contributed by atoms with Crippen molar-refractivity contribution in [1.82, 2.24) is 9.55 Å². The number of esters is 1. The molecule has 2 heterocycles. The third-order valence-electron chi connectivity index (χ3n) is 4.48. The van der Waals surface area contributed by atoms with Crippen molar-refractivity contribution < 1.29 is 9.53 Å². The lowest BCUT2D eigenvalue weighted by Gasteiger charge is -2.13. The zero-order valence-corrected chi connectivity index (χ0v) is 14.1. The maximum atomic E-state index is 12.7. The first-order chi connectivity index (χ1) is 12.1. The van der Waals surface area contributed by atoms with Gasteiger partial charge in [-0.05, 0) is 25.1 Å². The molecule has 124 valence electrons. The molecule has 4 rings (SSSR count). The number of benzene rings is 2. The number of hydrogen-bond donors (Lipinski definition) is 0. The van der Waals surface area contributed by atoms with Crippen molar-refractivity contribution in [2.24, 2.45) is 7.05 Å². The average Bonchev–Trinajstić information content (AvgIpc) is 2.98. The molecule has 0 aliphatic carbocycles. The van der Waals surface area contributed by atoms with Gasteiger partial charge in [0.1, 0.15) is 6.10 Å². The van der Waals surface area contributed by atoms with E-state index in [2.05, 4.69) is 4.98 Å². The van der Waals surface area contributed by atoms with Gasteiger partial charge in [-0.25, -0.2) is 4.79 Å². The van der Waals surface area contributed by atoms with Crippen LogP contribution in [0, 0.1) is 0 Å². The van der Waals surface area contributed by atoms with Crippen LogP contribution in [0.4, 0.5) is 0 Å². The van der Waals surface area contributed by atoms with Crippen molar-refractivity contribution in [3.05, 3.63) is 78.1 Å². The van der Waals surface area contributed by atoms with E-state index in [0.29, 0.717) is 5.56 Å². The number of hydrogen-bond acceptors (Lipinski definition) is 3. The summed E-state index contributed by atoms with van der Waals surface area (Å²) in [5.74, 6) is -0.322. The van der Waals surface area contributed by atoms with Gasteiger partial charge in [0.2, 0.25) is 0 Å². The molecule has 2 aromatic heterocycles. The van der Waals surface area contributed by atoms with Crippen LogP contribution < -0.4 is 0 Å². The van der Waals surface area contributed by atoms with Gasteiger partial charge < -0.3 is 9.30 Å². The van der Waals surface area contributed by atoms with Gasteiger partial charge >= 0.3 is 5.97 Å². The molecule has 0 bridgehead atoms. The van der Waals surface area contributed by atoms with Crippen LogP contribution in [0.25, 0.3) is 21.8 Å². The first-order valence-corrected chi connectivity index (χ1v) is 8.23. The number of nitrogens with zero attached hydrogens (tertiary/aromatic N) is 2. The molecule has 4 nitrogen and oxygen atoms in total. The topological polar surface area (TPSA) is 44.1 Å². The molecule has 0 saturated carbocycles. The van der Waals surface area contributed by atoms with Gasteiger partial charge in [-0.15, -0.1) is 0 Å². The number of aromatic nitrogens is 2. The molecule has 0 amide bonds. The second-order valence-electron chi connectivity index (χ2n) is 6.18. The van der Waals surface area contributed by atoms with E-state index in [4.69, 9.17) is 4.74 Å². The Morgan fingerprint density at radius 3 is 2.76 bits per heavy atom. The number of aryl methyl sites for hydroxylation is 1. The Morgan fingerprint density at radius 2 is 1.88 bits per heavy atom. The van der Waals surface area contributed by atoms with Crippen molar-refractivity contribution in [3.63, 3.8) is 0 Å². The van der Waals surface area contributed by atoms with Crippen LogP contribution in [0.5, 0.6) is 0 Å². The molecule has 0 fully saturated rings. The fraction of sp³-hybridized carbons (Fsp3) is 0.143. The molecule has 1 atom stereocenters. The minimum Gasteiger partial charge on any atom is -0.454 e. The largest absolute Gasteiger partial charge is 0.454 e. The molecule has 25 heavy (non-hydrogen) atoms. The average molecular weight is 330 g/mol. The lowest BCUT2D eigenvalue weighted by Crippen LogP contribution is -2.09. The van der Waals surface area contributed by atoms with Crippen LogP contribution in [-0.4, -0.2) is 15.5 Å². The standard InChI is InChI=1S/C21H18N2O2/c1-14(16-11-15-7-3-5-9-19(15)22-12-16)25-21(24)18-13-23(2)20-10-6-4-8-17(18)20/h3-14H,1-2H3. The van der Waals surface area contributed by atoms with Crippen LogP contribution in [0.15, 0.2) is 67.0 Å². The summed E-state index contributed by atoms with van der Waals surface area (Å²) in [5.41, 5.74) is 3.40. The van der Waals surface area contributed by atoms with E-state index in [-0.39, 0.29) is 12.1 Å². The van der Waals surface area contributed by atoms with Crippen LogP contribution in [0.3, 0.4) is 0 Å². The van der Waals surface area contributed by atoms with E-state index >= 15 is 0 Å². The number of carbonyl (C=O) groups is 1. The van der Waals surface area contributed by atoms with Crippen molar-refractivity contribution in [3.8, 4) is 0 Å². The monoisotopic (exact) mass is 330 g/mol. The van der Waals surface area contributed by atoms with E-state index in [9.17, 15) is 4.79 Å². The van der Waals surface area contributed by atoms with E-state index in [1.165, 1.54) is 0 Å². The summed E-state index contributed by atoms with van der Waals surface area (Å²) in [6.07, 6.45) is 3.21. The highest BCUT2D eigenvalue weighted by molar-refractivity contribution is 6.04. The summed E-state index contributed by atoms with van der Waals surface area (Å²) in [6.45, 7) is 1.87. The van der Waals surface area contributed by atoms with Gasteiger partial charge in [-0.2, -0.15) is 0 Å². The molecule has 0 spiro atoms. The molecule has 1 unspecified atom stereocenters. The summed E-state index contributed by atoms with van der Waals surface area (Å²) in [7, 11) is 1.93. The first-order valence-electron chi connectivity index (χ1n) is 8.23. The molecule has 0 radical (unpaired) electrons. The Kier molecular flexibility index (Phi) is 3.73. The van der Waals surface area contributed by atoms with Crippen molar-refractivity contribution in [1.29, 1.82) is 0 Å². The number of fused-ring (bicyclic) bond motifs is 2. The molecule has 4 heteroatoms. The lowest BCUT2D eigenvalue weighted by molar-refractivity contribution is 0.0340. The Balaban J connectivity index is 1.62. The SMILES string of the molecule is CC(OC(=O)c1cn(C)c2ccccc12)c1cnc2ccccc2c1. The smallest absolute Gasteiger partial charge is 0.340 e. The summed E-state index contributed by atoms with van der Waals surface area (Å²) in [4.78, 5) is 17.1. The van der Waals surface area contributed by atoms with E-state index < -0.39 is 0 Å². The molecular formula is C21H18N2O2. The third kappa shape index (κ3) is 2.76. The maximum absolute atomic E-state index is 12.7. The van der Waals surface area contributed by atoms with Crippen LogP contribution >= 0.6 is 0 Å². The van der Waals surface area contributed by atoms with Gasteiger partial charge in [-0.3, -0.25) is 4.98 Å². The highest BCUT2D eigenvalue weighted by Gasteiger charge is 2.18. The maximum Gasteiger partial charge on any atom is 0.340 e. The normalized spacial score (nSPS) is 12.4. The van der Waals surface area contributed by atoms with Gasteiger partial charge in [-0.1, -0.05) is 36.4 Å². The van der Waals surface area contributed by atoms with Gasteiger partial charge in [0, 0.05) is 41.3 Å². The first kappa shape index (κ1) is 15.4. The number of rotatable bonds is 3.